The molecule has 0 radical (unpaired) electrons. The van der Waals surface area contributed by atoms with Crippen molar-refractivity contribution in [1.82, 2.24) is 4.57 Å². The molecular formula is C15H23NO. The molecule has 0 aromatic carbocycles. The highest BCUT2D eigenvalue weighted by Crippen LogP contribution is 2.41. The molecule has 1 saturated carbocycles. The van der Waals surface area contributed by atoms with E-state index in [1.807, 2.05) is 6.07 Å². The standard InChI is InChI=1S/C15H23NO/c1-11-9-13(10-17)12(2)16(11)14-5-7-15(3,4)8-6-14/h9-10,14H,5-8H2,1-4H3. The molecule has 17 heavy (non-hydrogen) atoms. The molecule has 1 aromatic rings. The van der Waals surface area contributed by atoms with E-state index in [0.717, 1.165) is 17.5 Å². The Kier molecular flexibility index (Phi) is 3.15. The summed E-state index contributed by atoms with van der Waals surface area (Å²) in [6.07, 6.45) is 6.02. The number of aldehydes is 1. The first-order valence-electron chi connectivity index (χ1n) is 6.58. The summed E-state index contributed by atoms with van der Waals surface area (Å²) < 4.78 is 2.37. The number of carbonyl (C=O) groups excluding carboxylic acids is 1. The van der Waals surface area contributed by atoms with Gasteiger partial charge in [-0.1, -0.05) is 13.8 Å². The van der Waals surface area contributed by atoms with Crippen molar-refractivity contribution in [2.24, 2.45) is 5.41 Å². The minimum Gasteiger partial charge on any atom is -0.345 e. The van der Waals surface area contributed by atoms with Crippen molar-refractivity contribution >= 4 is 6.29 Å². The Bertz CT molecular complexity index is 418. The third-order valence-electron chi connectivity index (χ3n) is 4.32. The third kappa shape index (κ3) is 2.31. The Morgan fingerprint density at radius 3 is 2.35 bits per heavy atom. The molecule has 0 aliphatic heterocycles. The van der Waals surface area contributed by atoms with Crippen LogP contribution in [-0.4, -0.2) is 10.9 Å². The van der Waals surface area contributed by atoms with Crippen LogP contribution in [0.15, 0.2) is 6.07 Å². The molecule has 0 spiro atoms. The van der Waals surface area contributed by atoms with Crippen molar-refractivity contribution < 1.29 is 4.79 Å². The molecule has 1 aliphatic carbocycles. The fourth-order valence-electron chi connectivity index (χ4n) is 3.13. The molecule has 1 aromatic heterocycles. The summed E-state index contributed by atoms with van der Waals surface area (Å²) in [5.74, 6) is 0. The van der Waals surface area contributed by atoms with E-state index in [1.165, 1.54) is 31.4 Å². The zero-order valence-corrected chi connectivity index (χ0v) is 11.4. The maximum atomic E-state index is 11.0. The van der Waals surface area contributed by atoms with Gasteiger partial charge in [0.2, 0.25) is 0 Å². The van der Waals surface area contributed by atoms with Crippen LogP contribution >= 0.6 is 0 Å². The lowest BCUT2D eigenvalue weighted by atomic mass is 9.75. The molecule has 1 aliphatic rings. The first-order chi connectivity index (χ1) is 7.94. The number of nitrogens with zero attached hydrogens (tertiary/aromatic N) is 1. The molecule has 1 fully saturated rings. The molecule has 2 nitrogen and oxygen atoms in total. The van der Waals surface area contributed by atoms with Gasteiger partial charge in [0.25, 0.3) is 0 Å². The van der Waals surface area contributed by atoms with Crippen LogP contribution in [0.25, 0.3) is 0 Å². The van der Waals surface area contributed by atoms with Crippen molar-refractivity contribution in [2.45, 2.75) is 59.4 Å². The lowest BCUT2D eigenvalue weighted by molar-refractivity contribution is 0.112. The molecule has 2 rings (SSSR count). The Morgan fingerprint density at radius 1 is 1.29 bits per heavy atom. The van der Waals surface area contributed by atoms with Crippen LogP contribution in [0.1, 0.15) is 67.3 Å². The average molecular weight is 233 g/mol. The predicted octanol–water partition coefficient (Wildman–Crippen LogP) is 4.06. The van der Waals surface area contributed by atoms with Crippen molar-refractivity contribution in [3.63, 3.8) is 0 Å². The van der Waals surface area contributed by atoms with Gasteiger partial charge in [0.05, 0.1) is 0 Å². The number of rotatable bonds is 2. The highest BCUT2D eigenvalue weighted by Gasteiger charge is 2.29. The maximum absolute atomic E-state index is 11.0. The number of hydrogen-bond donors (Lipinski definition) is 0. The van der Waals surface area contributed by atoms with Crippen molar-refractivity contribution in [3.05, 3.63) is 23.0 Å². The molecule has 0 saturated heterocycles. The van der Waals surface area contributed by atoms with E-state index in [-0.39, 0.29) is 0 Å². The van der Waals surface area contributed by atoms with Crippen molar-refractivity contribution in [3.8, 4) is 0 Å². The van der Waals surface area contributed by atoms with Gasteiger partial charge in [0.1, 0.15) is 0 Å². The summed E-state index contributed by atoms with van der Waals surface area (Å²) in [5, 5.41) is 0. The first kappa shape index (κ1) is 12.4. The van der Waals surface area contributed by atoms with Crippen LogP contribution in [0.5, 0.6) is 0 Å². The van der Waals surface area contributed by atoms with Crippen LogP contribution in [-0.2, 0) is 0 Å². The molecule has 2 heteroatoms. The molecule has 0 amide bonds. The van der Waals surface area contributed by atoms with E-state index in [2.05, 4.69) is 32.3 Å². The lowest BCUT2D eigenvalue weighted by Crippen LogP contribution is -2.24. The molecule has 0 atom stereocenters. The lowest BCUT2D eigenvalue weighted by Gasteiger charge is -2.36. The second-order valence-electron chi connectivity index (χ2n) is 6.21. The Labute approximate surface area is 104 Å². The summed E-state index contributed by atoms with van der Waals surface area (Å²) in [5.41, 5.74) is 3.72. The Morgan fingerprint density at radius 2 is 1.88 bits per heavy atom. The summed E-state index contributed by atoms with van der Waals surface area (Å²) in [6, 6.07) is 2.61. The predicted molar refractivity (Wildman–Crippen MR) is 70.6 cm³/mol. The van der Waals surface area contributed by atoms with Crippen molar-refractivity contribution in [2.75, 3.05) is 0 Å². The largest absolute Gasteiger partial charge is 0.345 e. The van der Waals surface area contributed by atoms with Crippen LogP contribution in [0.3, 0.4) is 0 Å². The zero-order valence-electron chi connectivity index (χ0n) is 11.4. The zero-order chi connectivity index (χ0) is 12.6. The molecule has 94 valence electrons. The van der Waals surface area contributed by atoms with Gasteiger partial charge in [-0.2, -0.15) is 0 Å². The quantitative estimate of drug-likeness (QED) is 0.706. The van der Waals surface area contributed by atoms with Gasteiger partial charge in [-0.25, -0.2) is 0 Å². The van der Waals surface area contributed by atoms with E-state index in [1.54, 1.807) is 0 Å². The summed E-state index contributed by atoms with van der Waals surface area (Å²) in [7, 11) is 0. The number of hydrogen-bond acceptors (Lipinski definition) is 1. The maximum Gasteiger partial charge on any atom is 0.151 e. The number of aryl methyl sites for hydroxylation is 1. The normalized spacial score (nSPS) is 20.5. The van der Waals surface area contributed by atoms with Gasteiger partial charge in [0.15, 0.2) is 6.29 Å². The summed E-state index contributed by atoms with van der Waals surface area (Å²) in [4.78, 5) is 11.0. The van der Waals surface area contributed by atoms with E-state index in [4.69, 9.17) is 0 Å². The van der Waals surface area contributed by atoms with Gasteiger partial charge in [-0.3, -0.25) is 4.79 Å². The SMILES string of the molecule is Cc1cc(C=O)c(C)n1C1CCC(C)(C)CC1. The summed E-state index contributed by atoms with van der Waals surface area (Å²) in [6.45, 7) is 8.89. The monoisotopic (exact) mass is 233 g/mol. The van der Waals surface area contributed by atoms with Gasteiger partial charge < -0.3 is 4.57 Å². The summed E-state index contributed by atoms with van der Waals surface area (Å²) >= 11 is 0. The Balaban J connectivity index is 2.24. The van der Waals surface area contributed by atoms with Crippen LogP contribution in [0.4, 0.5) is 0 Å². The highest BCUT2D eigenvalue weighted by molar-refractivity contribution is 5.77. The fraction of sp³-hybridized carbons (Fsp3) is 0.667. The third-order valence-corrected chi connectivity index (χ3v) is 4.32. The fourth-order valence-corrected chi connectivity index (χ4v) is 3.13. The Hall–Kier alpha value is -1.05. The molecule has 0 bridgehead atoms. The van der Waals surface area contributed by atoms with Gasteiger partial charge in [0, 0.05) is 23.0 Å². The number of aromatic nitrogens is 1. The average Bonchev–Trinajstić information content (AvgIpc) is 2.55. The smallest absolute Gasteiger partial charge is 0.151 e. The van der Waals surface area contributed by atoms with E-state index in [0.29, 0.717) is 11.5 Å². The van der Waals surface area contributed by atoms with Crippen molar-refractivity contribution in [1.29, 1.82) is 0 Å². The van der Waals surface area contributed by atoms with Gasteiger partial charge in [-0.15, -0.1) is 0 Å². The van der Waals surface area contributed by atoms with Crippen LogP contribution < -0.4 is 0 Å². The topological polar surface area (TPSA) is 22.0 Å². The first-order valence-corrected chi connectivity index (χ1v) is 6.58. The highest BCUT2D eigenvalue weighted by atomic mass is 16.1. The molecular weight excluding hydrogens is 210 g/mol. The van der Waals surface area contributed by atoms with E-state index in [9.17, 15) is 4.79 Å². The minimum atomic E-state index is 0.499. The number of carbonyl (C=O) groups is 1. The van der Waals surface area contributed by atoms with Gasteiger partial charge in [-0.05, 0) is 51.0 Å². The second-order valence-corrected chi connectivity index (χ2v) is 6.21. The minimum absolute atomic E-state index is 0.499. The van der Waals surface area contributed by atoms with E-state index >= 15 is 0 Å². The molecule has 1 heterocycles. The van der Waals surface area contributed by atoms with Crippen LogP contribution in [0.2, 0.25) is 0 Å². The second kappa shape index (κ2) is 4.32. The van der Waals surface area contributed by atoms with E-state index < -0.39 is 0 Å². The molecule has 0 unspecified atom stereocenters. The van der Waals surface area contributed by atoms with Gasteiger partial charge >= 0.3 is 0 Å². The van der Waals surface area contributed by atoms with Crippen LogP contribution in [0, 0.1) is 19.3 Å². The molecule has 0 N–H and O–H groups in total.